The average Bonchev–Trinajstić information content (AvgIpc) is 3.66. The topological polar surface area (TPSA) is 177 Å². The Labute approximate surface area is 226 Å². The third-order valence-electron chi connectivity index (χ3n) is 8.70. The molecule has 1 amide bonds. The van der Waals surface area contributed by atoms with Gasteiger partial charge < -0.3 is 36.4 Å². The van der Waals surface area contributed by atoms with Gasteiger partial charge in [0.1, 0.15) is 22.8 Å². The number of phenolic OH excluding ortho intramolecular Hbond substituents is 1. The number of carbonyl (C=O) groups excluding carboxylic acids is 3. The molecule has 0 aliphatic heterocycles. The van der Waals surface area contributed by atoms with Crippen molar-refractivity contribution in [3.05, 3.63) is 39.7 Å². The molecule has 0 saturated heterocycles. The molecule has 0 aromatic heterocycles. The molecule has 39 heavy (non-hydrogen) atoms. The molecule has 1 aromatic rings. The van der Waals surface area contributed by atoms with Crippen molar-refractivity contribution in [3.63, 3.8) is 0 Å². The smallest absolute Gasteiger partial charge is 0.255 e. The molecule has 0 heterocycles. The van der Waals surface area contributed by atoms with Gasteiger partial charge in [0.15, 0.2) is 11.4 Å². The van der Waals surface area contributed by atoms with Crippen molar-refractivity contribution in [2.45, 2.75) is 43.9 Å². The van der Waals surface area contributed by atoms with E-state index in [4.69, 9.17) is 5.73 Å². The fourth-order valence-corrected chi connectivity index (χ4v) is 6.61. The highest BCUT2D eigenvalue weighted by Gasteiger charge is 2.64. The Balaban J connectivity index is 1.67. The Bertz CT molecular complexity index is 1340. The lowest BCUT2D eigenvalue weighted by Crippen LogP contribution is -2.65. The van der Waals surface area contributed by atoms with Crippen LogP contribution in [0.25, 0.3) is 5.76 Å². The number of likely N-dealkylation sites (N-methyl/N-ethyl adjacent to an activating group) is 1. The monoisotopic (exact) mass is 540 g/mol. The Morgan fingerprint density at radius 2 is 1.82 bits per heavy atom. The number of fused-ring (bicyclic) bond motifs is 3. The normalized spacial score (nSPS) is 28.4. The molecule has 0 radical (unpaired) electrons. The number of phenols is 1. The molecular formula is C28H36N4O7. The Morgan fingerprint density at radius 1 is 1.15 bits per heavy atom. The number of primary amides is 1. The van der Waals surface area contributed by atoms with E-state index in [1.807, 2.05) is 25.1 Å². The van der Waals surface area contributed by atoms with Gasteiger partial charge in [-0.25, -0.2) is 0 Å². The quantitative estimate of drug-likeness (QED) is 0.267. The summed E-state index contributed by atoms with van der Waals surface area (Å²) in [5, 5.41) is 48.9. The molecule has 4 atom stereocenters. The van der Waals surface area contributed by atoms with Crippen LogP contribution in [0.1, 0.15) is 36.0 Å². The van der Waals surface area contributed by atoms with Crippen LogP contribution in [-0.2, 0) is 27.3 Å². The molecule has 4 aliphatic carbocycles. The predicted octanol–water partition coefficient (Wildman–Crippen LogP) is 0.530. The summed E-state index contributed by atoms with van der Waals surface area (Å²) >= 11 is 0. The zero-order valence-corrected chi connectivity index (χ0v) is 22.6. The van der Waals surface area contributed by atoms with Gasteiger partial charge in [-0.2, -0.15) is 0 Å². The number of carbonyl (C=O) groups is 3. The van der Waals surface area contributed by atoms with E-state index in [2.05, 4.69) is 5.32 Å². The second kappa shape index (κ2) is 9.35. The number of nitrogens with zero attached hydrogens (tertiary/aromatic N) is 2. The minimum Gasteiger partial charge on any atom is -0.508 e. The first-order valence-corrected chi connectivity index (χ1v) is 13.2. The molecule has 4 aliphatic rings. The number of nitrogens with one attached hydrogen (secondary N) is 1. The Hall–Kier alpha value is -3.41. The minimum absolute atomic E-state index is 0.0596. The van der Waals surface area contributed by atoms with Crippen LogP contribution in [0.15, 0.2) is 23.0 Å². The van der Waals surface area contributed by atoms with E-state index in [0.29, 0.717) is 23.6 Å². The van der Waals surface area contributed by atoms with Gasteiger partial charge in [-0.1, -0.05) is 0 Å². The van der Waals surface area contributed by atoms with Crippen molar-refractivity contribution in [2.24, 2.45) is 23.5 Å². The Morgan fingerprint density at radius 3 is 2.38 bits per heavy atom. The second-order valence-corrected chi connectivity index (χ2v) is 11.7. The van der Waals surface area contributed by atoms with Gasteiger partial charge in [0.05, 0.1) is 11.6 Å². The highest BCUT2D eigenvalue weighted by atomic mass is 16.3. The predicted molar refractivity (Wildman–Crippen MR) is 143 cm³/mol. The molecule has 11 heteroatoms. The number of hydrogen-bond acceptors (Lipinski definition) is 10. The lowest BCUT2D eigenvalue weighted by molar-refractivity contribution is -0.153. The molecule has 2 saturated carbocycles. The zero-order chi connectivity index (χ0) is 28.5. The van der Waals surface area contributed by atoms with E-state index in [1.165, 1.54) is 17.7 Å². The van der Waals surface area contributed by atoms with Crippen LogP contribution < -0.4 is 16.0 Å². The van der Waals surface area contributed by atoms with Crippen LogP contribution in [0.5, 0.6) is 5.75 Å². The highest BCUT2D eigenvalue weighted by molar-refractivity contribution is 6.24. The van der Waals surface area contributed by atoms with E-state index in [-0.39, 0.29) is 29.7 Å². The van der Waals surface area contributed by atoms with Crippen LogP contribution in [-0.4, -0.2) is 89.2 Å². The van der Waals surface area contributed by atoms with Crippen LogP contribution >= 0.6 is 0 Å². The number of anilines is 1. The summed E-state index contributed by atoms with van der Waals surface area (Å²) < 4.78 is 0. The van der Waals surface area contributed by atoms with Crippen molar-refractivity contribution in [2.75, 3.05) is 39.6 Å². The van der Waals surface area contributed by atoms with E-state index >= 15 is 0 Å². The summed E-state index contributed by atoms with van der Waals surface area (Å²) in [5.41, 5.74) is 3.85. The number of ketones is 2. The summed E-state index contributed by atoms with van der Waals surface area (Å²) in [6.45, 7) is 1.18. The summed E-state index contributed by atoms with van der Waals surface area (Å²) in [7, 11) is 6.86. The van der Waals surface area contributed by atoms with E-state index in [1.54, 1.807) is 14.1 Å². The number of Topliss-reactive ketones (excluding diaryl/α,β-unsaturated/α-hetero) is 2. The van der Waals surface area contributed by atoms with Crippen LogP contribution in [0, 0.1) is 17.8 Å². The van der Waals surface area contributed by atoms with Crippen LogP contribution in [0.3, 0.4) is 0 Å². The summed E-state index contributed by atoms with van der Waals surface area (Å²) in [6.07, 6.45) is 2.66. The SMILES string of the molecule is CN(C)c1cc(CNCC2CC2)c(O)c2c1CC1CC3C(N(C)C)C(=O)C(C(N)=O)=C(O)C3(O)C(=O)C1=C2O. The fourth-order valence-electron chi connectivity index (χ4n) is 6.61. The van der Waals surface area contributed by atoms with E-state index in [9.17, 15) is 34.8 Å². The average molecular weight is 541 g/mol. The van der Waals surface area contributed by atoms with Gasteiger partial charge in [0, 0.05) is 43.4 Å². The summed E-state index contributed by atoms with van der Waals surface area (Å²) in [6, 6.07) is 0.762. The first kappa shape index (κ1) is 27.2. The lowest BCUT2D eigenvalue weighted by Gasteiger charge is -2.50. The van der Waals surface area contributed by atoms with Gasteiger partial charge in [0.2, 0.25) is 5.78 Å². The zero-order valence-electron chi connectivity index (χ0n) is 22.6. The molecule has 0 spiro atoms. The highest BCUT2D eigenvalue weighted by Crippen LogP contribution is 2.54. The van der Waals surface area contributed by atoms with Gasteiger partial charge in [0.25, 0.3) is 5.91 Å². The molecular weight excluding hydrogens is 504 g/mol. The molecule has 1 aromatic carbocycles. The number of aromatic hydroxyl groups is 1. The number of aliphatic hydroxyl groups is 3. The first-order chi connectivity index (χ1) is 18.3. The molecule has 7 N–H and O–H groups in total. The maximum absolute atomic E-state index is 14.0. The van der Waals surface area contributed by atoms with Crippen LogP contribution in [0.2, 0.25) is 0 Å². The number of hydrogen-bond donors (Lipinski definition) is 6. The van der Waals surface area contributed by atoms with Gasteiger partial charge >= 0.3 is 0 Å². The maximum Gasteiger partial charge on any atom is 0.255 e. The molecule has 5 rings (SSSR count). The standard InChI is InChI=1S/C28H36N4O7/c1-31(2)17-9-14(11-30-10-12-5-6-12)22(33)19-15(17)7-13-8-16-21(32(3)4)24(35)20(27(29)38)26(37)28(16,39)25(36)18(13)23(19)34/h9,12-13,16,21,30,33-34,37,39H,5-8,10-11H2,1-4H3,(H2,29,38). The number of rotatable bonds is 7. The Kier molecular flexibility index (Phi) is 6.52. The number of aliphatic hydroxyl groups excluding tert-OH is 2. The second-order valence-electron chi connectivity index (χ2n) is 11.7. The van der Waals surface area contributed by atoms with E-state index in [0.717, 1.165) is 12.2 Å². The maximum atomic E-state index is 14.0. The van der Waals surface area contributed by atoms with Crippen molar-refractivity contribution in [1.82, 2.24) is 10.2 Å². The molecule has 4 unspecified atom stereocenters. The van der Waals surface area contributed by atoms with Crippen molar-refractivity contribution in [3.8, 4) is 5.75 Å². The van der Waals surface area contributed by atoms with Crippen molar-refractivity contribution >= 4 is 28.9 Å². The molecule has 210 valence electrons. The lowest BCUT2D eigenvalue weighted by atomic mass is 9.57. The van der Waals surface area contributed by atoms with E-state index < -0.39 is 58.0 Å². The number of amides is 1. The number of benzene rings is 1. The van der Waals surface area contributed by atoms with Crippen LogP contribution in [0.4, 0.5) is 5.69 Å². The fraction of sp³-hybridized carbons (Fsp3) is 0.536. The first-order valence-electron chi connectivity index (χ1n) is 13.2. The minimum atomic E-state index is -2.64. The third-order valence-corrected chi connectivity index (χ3v) is 8.70. The van der Waals surface area contributed by atoms with Gasteiger partial charge in [-0.15, -0.1) is 0 Å². The largest absolute Gasteiger partial charge is 0.508 e. The van der Waals surface area contributed by atoms with Gasteiger partial charge in [-0.05, 0) is 69.8 Å². The van der Waals surface area contributed by atoms with Crippen molar-refractivity contribution in [1.29, 1.82) is 0 Å². The molecule has 2 fully saturated rings. The van der Waals surface area contributed by atoms with Crippen molar-refractivity contribution < 1.29 is 34.8 Å². The molecule has 0 bridgehead atoms. The summed E-state index contributed by atoms with van der Waals surface area (Å²) in [4.78, 5) is 42.7. The molecule has 11 nitrogen and oxygen atoms in total. The number of nitrogens with two attached hydrogens (primary N) is 1. The third kappa shape index (κ3) is 4.02. The van der Waals surface area contributed by atoms with Gasteiger partial charge in [-0.3, -0.25) is 19.3 Å². The summed E-state index contributed by atoms with van der Waals surface area (Å²) in [5.74, 6) is -5.83.